The first-order chi connectivity index (χ1) is 15.6. The standard InChI is InChI=1S/C21H27F4N5O3S/c1-12(2)29-34(32,33)16-7-6-15(13(3)17(16)22)27-19-26-10-14(21(23,24)25)18(28-19)30-9-5-8-20(4,31)11-30/h6-7,10,12,29,31H,5,8-9,11H2,1-4H3,(H,26,27,28)/t20-/m0/s1. The average molecular weight is 506 g/mol. The average Bonchev–Trinajstić information content (AvgIpc) is 2.68. The number of rotatable bonds is 6. The number of alkyl halides is 3. The first-order valence-corrected chi connectivity index (χ1v) is 12.1. The third-order valence-electron chi connectivity index (χ3n) is 5.33. The van der Waals surface area contributed by atoms with Gasteiger partial charge in [0.15, 0.2) is 0 Å². The van der Waals surface area contributed by atoms with Gasteiger partial charge in [-0.2, -0.15) is 18.2 Å². The summed E-state index contributed by atoms with van der Waals surface area (Å²) in [6.45, 7) is 6.29. The van der Waals surface area contributed by atoms with Gasteiger partial charge in [0.25, 0.3) is 0 Å². The molecule has 0 bridgehead atoms. The number of sulfonamides is 1. The molecule has 1 atom stereocenters. The second-order valence-electron chi connectivity index (χ2n) is 8.90. The Morgan fingerprint density at radius 3 is 2.53 bits per heavy atom. The minimum absolute atomic E-state index is 0.0460. The van der Waals surface area contributed by atoms with Crippen molar-refractivity contribution in [3.8, 4) is 0 Å². The highest BCUT2D eigenvalue weighted by molar-refractivity contribution is 7.89. The summed E-state index contributed by atoms with van der Waals surface area (Å²) in [6.07, 6.45) is -3.17. The highest BCUT2D eigenvalue weighted by Gasteiger charge is 2.39. The molecule has 1 fully saturated rings. The van der Waals surface area contributed by atoms with Crippen LogP contribution in [0.15, 0.2) is 23.2 Å². The summed E-state index contributed by atoms with van der Waals surface area (Å²) in [4.78, 5) is 8.55. The molecule has 0 radical (unpaired) electrons. The second kappa shape index (κ2) is 9.27. The number of β-amino-alcohol motifs (C(OH)–C–C–N with tert-alkyl or cyclic N) is 1. The van der Waals surface area contributed by atoms with Crippen LogP contribution in [0.2, 0.25) is 0 Å². The van der Waals surface area contributed by atoms with Gasteiger partial charge in [-0.1, -0.05) is 0 Å². The quantitative estimate of drug-likeness (QED) is 0.514. The summed E-state index contributed by atoms with van der Waals surface area (Å²) in [6, 6.07) is 1.90. The van der Waals surface area contributed by atoms with Gasteiger partial charge in [-0.15, -0.1) is 0 Å². The van der Waals surface area contributed by atoms with E-state index in [0.29, 0.717) is 19.0 Å². The lowest BCUT2D eigenvalue weighted by molar-refractivity contribution is -0.137. The van der Waals surface area contributed by atoms with Crippen LogP contribution in [0.4, 0.5) is 35.0 Å². The van der Waals surface area contributed by atoms with Crippen LogP contribution < -0.4 is 14.9 Å². The largest absolute Gasteiger partial charge is 0.421 e. The molecular weight excluding hydrogens is 478 g/mol. The molecule has 1 saturated heterocycles. The van der Waals surface area contributed by atoms with Gasteiger partial charge in [-0.25, -0.2) is 22.5 Å². The van der Waals surface area contributed by atoms with Gasteiger partial charge in [0.05, 0.1) is 5.60 Å². The van der Waals surface area contributed by atoms with Crippen molar-refractivity contribution in [1.29, 1.82) is 0 Å². The molecule has 3 N–H and O–H groups in total. The number of anilines is 3. The number of aliphatic hydroxyl groups is 1. The van der Waals surface area contributed by atoms with Gasteiger partial charge < -0.3 is 15.3 Å². The highest BCUT2D eigenvalue weighted by atomic mass is 32.2. The Labute approximate surface area is 195 Å². The third kappa shape index (κ3) is 5.76. The van der Waals surface area contributed by atoms with E-state index in [0.717, 1.165) is 6.07 Å². The van der Waals surface area contributed by atoms with E-state index in [4.69, 9.17) is 0 Å². The fourth-order valence-electron chi connectivity index (χ4n) is 3.77. The number of nitrogens with one attached hydrogen (secondary N) is 2. The van der Waals surface area contributed by atoms with Crippen molar-refractivity contribution in [2.45, 2.75) is 63.3 Å². The molecule has 1 aliphatic rings. The number of nitrogens with zero attached hydrogens (tertiary/aromatic N) is 3. The molecule has 13 heteroatoms. The minimum Gasteiger partial charge on any atom is -0.388 e. The molecule has 2 aromatic rings. The van der Waals surface area contributed by atoms with Crippen LogP contribution in [0.3, 0.4) is 0 Å². The summed E-state index contributed by atoms with van der Waals surface area (Å²) in [5.41, 5.74) is -2.21. The summed E-state index contributed by atoms with van der Waals surface area (Å²) in [7, 11) is -4.10. The molecular formula is C21H27F4N5O3S. The van der Waals surface area contributed by atoms with Crippen molar-refractivity contribution in [2.24, 2.45) is 0 Å². The molecule has 8 nitrogen and oxygen atoms in total. The number of piperidine rings is 1. The topological polar surface area (TPSA) is 107 Å². The van der Waals surface area contributed by atoms with Crippen LogP contribution in [0, 0.1) is 12.7 Å². The molecule has 0 spiro atoms. The fourth-order valence-corrected chi connectivity index (χ4v) is 5.16. The summed E-state index contributed by atoms with van der Waals surface area (Å²) >= 11 is 0. The summed E-state index contributed by atoms with van der Waals surface area (Å²) < 4.78 is 82.8. The van der Waals surface area contributed by atoms with Gasteiger partial charge in [0.2, 0.25) is 16.0 Å². The fraction of sp³-hybridized carbons (Fsp3) is 0.524. The lowest BCUT2D eigenvalue weighted by Gasteiger charge is -2.38. The van der Waals surface area contributed by atoms with Crippen molar-refractivity contribution in [3.05, 3.63) is 35.3 Å². The number of benzene rings is 1. The maximum atomic E-state index is 14.9. The molecule has 0 amide bonds. The lowest BCUT2D eigenvalue weighted by Crippen LogP contribution is -2.47. The van der Waals surface area contributed by atoms with Crippen molar-refractivity contribution in [3.63, 3.8) is 0 Å². The predicted octanol–water partition coefficient (Wildman–Crippen LogP) is 3.72. The van der Waals surface area contributed by atoms with Crippen molar-refractivity contribution in [2.75, 3.05) is 23.3 Å². The molecule has 2 heterocycles. The minimum atomic E-state index is -4.72. The van der Waals surface area contributed by atoms with Crippen molar-refractivity contribution >= 4 is 27.5 Å². The molecule has 0 saturated carbocycles. The Bertz CT molecular complexity index is 1170. The number of hydrogen-bond acceptors (Lipinski definition) is 7. The second-order valence-corrected chi connectivity index (χ2v) is 10.6. The van der Waals surface area contributed by atoms with Crippen LogP contribution in [0.1, 0.15) is 44.7 Å². The number of aromatic nitrogens is 2. The molecule has 1 aliphatic heterocycles. The summed E-state index contributed by atoms with van der Waals surface area (Å²) in [5.74, 6) is -1.63. The Hall–Kier alpha value is -2.51. The van der Waals surface area contributed by atoms with Crippen LogP contribution >= 0.6 is 0 Å². The molecule has 3 rings (SSSR count). The molecule has 0 unspecified atom stereocenters. The lowest BCUT2D eigenvalue weighted by atomic mass is 9.95. The smallest absolute Gasteiger partial charge is 0.388 e. The van der Waals surface area contributed by atoms with Crippen LogP contribution in [0.25, 0.3) is 0 Å². The molecule has 1 aromatic carbocycles. The summed E-state index contributed by atoms with van der Waals surface area (Å²) in [5, 5.41) is 13.0. The number of halogens is 4. The van der Waals surface area contributed by atoms with E-state index >= 15 is 0 Å². The zero-order valence-corrected chi connectivity index (χ0v) is 20.0. The number of hydrogen-bond donors (Lipinski definition) is 3. The van der Waals surface area contributed by atoms with E-state index in [9.17, 15) is 31.1 Å². The van der Waals surface area contributed by atoms with Gasteiger partial charge in [-0.3, -0.25) is 0 Å². The molecule has 0 aliphatic carbocycles. The Morgan fingerprint density at radius 2 is 1.94 bits per heavy atom. The van der Waals surface area contributed by atoms with Gasteiger partial charge >= 0.3 is 6.18 Å². The zero-order chi connectivity index (χ0) is 25.5. The van der Waals surface area contributed by atoms with E-state index in [1.54, 1.807) is 20.8 Å². The predicted molar refractivity (Wildman–Crippen MR) is 119 cm³/mol. The van der Waals surface area contributed by atoms with E-state index in [1.165, 1.54) is 17.9 Å². The zero-order valence-electron chi connectivity index (χ0n) is 19.2. The Kier molecular flexibility index (Phi) is 7.11. The van der Waals surface area contributed by atoms with E-state index in [-0.39, 0.29) is 30.3 Å². The first kappa shape index (κ1) is 26.1. The van der Waals surface area contributed by atoms with Gasteiger partial charge in [0.1, 0.15) is 22.1 Å². The molecule has 1 aromatic heterocycles. The Balaban J connectivity index is 1.98. The van der Waals surface area contributed by atoms with Gasteiger partial charge in [-0.05, 0) is 52.7 Å². The monoisotopic (exact) mass is 505 g/mol. The van der Waals surface area contributed by atoms with Crippen molar-refractivity contribution in [1.82, 2.24) is 14.7 Å². The third-order valence-corrected chi connectivity index (χ3v) is 7.00. The first-order valence-electron chi connectivity index (χ1n) is 10.6. The molecule has 34 heavy (non-hydrogen) atoms. The SMILES string of the molecule is Cc1c(Nc2ncc(C(F)(F)F)c(N3CCC[C@](C)(O)C3)n2)ccc(S(=O)(=O)NC(C)C)c1F. The van der Waals surface area contributed by atoms with Crippen molar-refractivity contribution < 1.29 is 31.1 Å². The van der Waals surface area contributed by atoms with Gasteiger partial charge in [0, 0.05) is 36.6 Å². The maximum absolute atomic E-state index is 14.9. The van der Waals surface area contributed by atoms with E-state index < -0.39 is 49.9 Å². The highest BCUT2D eigenvalue weighted by Crippen LogP contribution is 2.38. The Morgan fingerprint density at radius 1 is 1.26 bits per heavy atom. The maximum Gasteiger partial charge on any atom is 0.421 e. The van der Waals surface area contributed by atoms with Crippen LogP contribution in [-0.4, -0.2) is 48.2 Å². The van der Waals surface area contributed by atoms with E-state index in [2.05, 4.69) is 20.0 Å². The molecule has 188 valence electrons. The van der Waals surface area contributed by atoms with Crippen LogP contribution in [0.5, 0.6) is 0 Å². The normalized spacial score (nSPS) is 19.5. The van der Waals surface area contributed by atoms with E-state index in [1.807, 2.05) is 0 Å². The van der Waals surface area contributed by atoms with Crippen LogP contribution in [-0.2, 0) is 16.2 Å².